The number of hydrogen-bond acceptors (Lipinski definition) is 3. The highest BCUT2D eigenvalue weighted by Gasteiger charge is 2.56. The largest absolute Gasteiger partial charge is 0.384 e. The Labute approximate surface area is 124 Å². The van der Waals surface area contributed by atoms with Crippen molar-refractivity contribution < 1.29 is 14.3 Å². The highest BCUT2D eigenvalue weighted by Crippen LogP contribution is 2.56. The molecule has 1 saturated heterocycles. The molecule has 2 unspecified atom stereocenters. The third-order valence-electron chi connectivity index (χ3n) is 4.80. The molecule has 2 atom stereocenters. The molecule has 112 valence electrons. The second-order valence-electron chi connectivity index (χ2n) is 6.37. The standard InChI is InChI=1S/C17H21NO3/c1-11-3-5-12(6-4-11)15-16(20)18-14(19)9-17(15,10-21-2)13-7-8-13/h3-6,13,15H,7-10H2,1-2H3,(H,18,19,20). The summed E-state index contributed by atoms with van der Waals surface area (Å²) >= 11 is 0. The molecule has 4 heteroatoms. The van der Waals surface area contributed by atoms with Gasteiger partial charge in [-0.1, -0.05) is 29.8 Å². The third-order valence-corrected chi connectivity index (χ3v) is 4.80. The van der Waals surface area contributed by atoms with Crippen molar-refractivity contribution in [3.63, 3.8) is 0 Å². The van der Waals surface area contributed by atoms with E-state index in [9.17, 15) is 9.59 Å². The van der Waals surface area contributed by atoms with Gasteiger partial charge in [-0.25, -0.2) is 0 Å². The van der Waals surface area contributed by atoms with E-state index in [1.807, 2.05) is 31.2 Å². The zero-order chi connectivity index (χ0) is 15.0. The van der Waals surface area contributed by atoms with E-state index in [-0.39, 0.29) is 23.1 Å². The minimum absolute atomic E-state index is 0.174. The minimum Gasteiger partial charge on any atom is -0.384 e. The number of ether oxygens (including phenoxy) is 1. The van der Waals surface area contributed by atoms with Crippen LogP contribution in [0.3, 0.4) is 0 Å². The van der Waals surface area contributed by atoms with Gasteiger partial charge < -0.3 is 4.74 Å². The zero-order valence-electron chi connectivity index (χ0n) is 12.5. The lowest BCUT2D eigenvalue weighted by molar-refractivity contribution is -0.143. The summed E-state index contributed by atoms with van der Waals surface area (Å²) in [6, 6.07) is 8.04. The average molecular weight is 287 g/mol. The van der Waals surface area contributed by atoms with Gasteiger partial charge in [0.25, 0.3) is 0 Å². The number of benzene rings is 1. The van der Waals surface area contributed by atoms with Gasteiger partial charge in [0, 0.05) is 18.9 Å². The van der Waals surface area contributed by atoms with Crippen molar-refractivity contribution in [3.8, 4) is 0 Å². The molecule has 3 rings (SSSR count). The van der Waals surface area contributed by atoms with Crippen LogP contribution in [0.5, 0.6) is 0 Å². The Balaban J connectivity index is 2.05. The van der Waals surface area contributed by atoms with Crippen LogP contribution in [0.2, 0.25) is 0 Å². The Kier molecular flexibility index (Phi) is 3.57. The number of carbonyl (C=O) groups is 2. The number of carbonyl (C=O) groups excluding carboxylic acids is 2. The van der Waals surface area contributed by atoms with Gasteiger partial charge in [0.05, 0.1) is 12.5 Å². The molecule has 1 aromatic rings. The zero-order valence-corrected chi connectivity index (χ0v) is 12.5. The first kappa shape index (κ1) is 14.3. The van der Waals surface area contributed by atoms with Crippen LogP contribution in [-0.2, 0) is 14.3 Å². The van der Waals surface area contributed by atoms with Gasteiger partial charge in [0.1, 0.15) is 0 Å². The van der Waals surface area contributed by atoms with E-state index < -0.39 is 0 Å². The predicted molar refractivity (Wildman–Crippen MR) is 78.7 cm³/mol. The number of methoxy groups -OCH3 is 1. The van der Waals surface area contributed by atoms with Gasteiger partial charge in [0.15, 0.2) is 0 Å². The molecule has 0 radical (unpaired) electrons. The van der Waals surface area contributed by atoms with Crippen molar-refractivity contribution in [1.82, 2.24) is 5.32 Å². The number of hydrogen-bond donors (Lipinski definition) is 1. The van der Waals surface area contributed by atoms with Crippen molar-refractivity contribution in [2.24, 2.45) is 11.3 Å². The van der Waals surface area contributed by atoms with Crippen LogP contribution < -0.4 is 5.32 Å². The fraction of sp³-hybridized carbons (Fsp3) is 0.529. The fourth-order valence-corrected chi connectivity index (χ4v) is 3.72. The molecule has 1 aromatic carbocycles. The van der Waals surface area contributed by atoms with Crippen molar-refractivity contribution in [3.05, 3.63) is 35.4 Å². The molecule has 4 nitrogen and oxygen atoms in total. The number of piperidine rings is 1. The van der Waals surface area contributed by atoms with Gasteiger partial charge >= 0.3 is 0 Å². The van der Waals surface area contributed by atoms with Gasteiger partial charge in [-0.15, -0.1) is 0 Å². The topological polar surface area (TPSA) is 55.4 Å². The number of imide groups is 1. The molecule has 21 heavy (non-hydrogen) atoms. The Bertz CT molecular complexity index is 562. The summed E-state index contributed by atoms with van der Waals surface area (Å²) < 4.78 is 5.43. The molecular weight excluding hydrogens is 266 g/mol. The maximum Gasteiger partial charge on any atom is 0.234 e. The van der Waals surface area contributed by atoms with E-state index >= 15 is 0 Å². The van der Waals surface area contributed by atoms with Crippen LogP contribution in [-0.4, -0.2) is 25.5 Å². The van der Waals surface area contributed by atoms with E-state index in [4.69, 9.17) is 4.74 Å². The molecule has 0 aromatic heterocycles. The van der Waals surface area contributed by atoms with Crippen LogP contribution >= 0.6 is 0 Å². The van der Waals surface area contributed by atoms with Gasteiger partial charge in [-0.3, -0.25) is 14.9 Å². The Hall–Kier alpha value is -1.68. The summed E-state index contributed by atoms with van der Waals surface area (Å²) in [6.45, 7) is 2.48. The van der Waals surface area contributed by atoms with Crippen molar-refractivity contribution >= 4 is 11.8 Å². The maximum absolute atomic E-state index is 12.5. The summed E-state index contributed by atoms with van der Waals surface area (Å²) in [5, 5.41) is 2.50. The minimum atomic E-state index is -0.385. The second-order valence-corrected chi connectivity index (χ2v) is 6.37. The number of aryl methyl sites for hydroxylation is 1. The third kappa shape index (κ3) is 2.48. The average Bonchev–Trinajstić information content (AvgIpc) is 3.25. The highest BCUT2D eigenvalue weighted by atomic mass is 16.5. The first-order valence-corrected chi connectivity index (χ1v) is 7.46. The Morgan fingerprint density at radius 1 is 1.24 bits per heavy atom. The Morgan fingerprint density at radius 3 is 2.48 bits per heavy atom. The first-order chi connectivity index (χ1) is 10.1. The number of nitrogens with one attached hydrogen (secondary N) is 1. The molecule has 0 bridgehead atoms. The summed E-state index contributed by atoms with van der Waals surface area (Å²) in [6.07, 6.45) is 2.52. The maximum atomic E-state index is 12.5. The van der Waals surface area contributed by atoms with Crippen molar-refractivity contribution in [1.29, 1.82) is 0 Å². The quantitative estimate of drug-likeness (QED) is 0.863. The molecule has 1 aliphatic heterocycles. The number of rotatable bonds is 4. The predicted octanol–water partition coefficient (Wildman–Crippen LogP) is 2.17. The summed E-state index contributed by atoms with van der Waals surface area (Å²) in [5.74, 6) is -0.256. The lowest BCUT2D eigenvalue weighted by Gasteiger charge is -2.42. The molecule has 1 saturated carbocycles. The monoisotopic (exact) mass is 287 g/mol. The molecule has 2 fully saturated rings. The molecule has 1 aliphatic carbocycles. The summed E-state index contributed by atoms with van der Waals surface area (Å²) in [4.78, 5) is 24.5. The van der Waals surface area contributed by atoms with Gasteiger partial charge in [-0.05, 0) is 31.2 Å². The molecular formula is C17H21NO3. The smallest absolute Gasteiger partial charge is 0.234 e. The first-order valence-electron chi connectivity index (χ1n) is 7.46. The van der Waals surface area contributed by atoms with Crippen molar-refractivity contribution in [2.45, 2.75) is 32.1 Å². The van der Waals surface area contributed by atoms with Crippen LogP contribution in [0.25, 0.3) is 0 Å². The SMILES string of the molecule is COCC1(C2CC2)CC(=O)NC(=O)C1c1ccc(C)cc1. The van der Waals surface area contributed by atoms with Crippen LogP contribution in [0, 0.1) is 18.3 Å². The lowest BCUT2D eigenvalue weighted by Crippen LogP contribution is -2.53. The van der Waals surface area contributed by atoms with E-state index in [1.165, 1.54) is 0 Å². The number of amides is 2. The van der Waals surface area contributed by atoms with Gasteiger partial charge in [-0.2, -0.15) is 0 Å². The summed E-state index contributed by atoms with van der Waals surface area (Å²) in [5.41, 5.74) is 1.76. The fourth-order valence-electron chi connectivity index (χ4n) is 3.72. The molecule has 1 heterocycles. The molecule has 2 amide bonds. The Morgan fingerprint density at radius 2 is 1.90 bits per heavy atom. The van der Waals surface area contributed by atoms with E-state index in [2.05, 4.69) is 5.32 Å². The van der Waals surface area contributed by atoms with E-state index in [0.717, 1.165) is 24.0 Å². The van der Waals surface area contributed by atoms with Crippen LogP contribution in [0.1, 0.15) is 36.3 Å². The highest BCUT2D eigenvalue weighted by molar-refractivity contribution is 6.02. The molecule has 0 spiro atoms. The lowest BCUT2D eigenvalue weighted by atomic mass is 9.64. The molecule has 1 N–H and O–H groups in total. The van der Waals surface area contributed by atoms with E-state index in [1.54, 1.807) is 7.11 Å². The van der Waals surface area contributed by atoms with Gasteiger partial charge in [0.2, 0.25) is 11.8 Å². The normalized spacial score (nSPS) is 29.3. The van der Waals surface area contributed by atoms with Crippen molar-refractivity contribution in [2.75, 3.05) is 13.7 Å². The second kappa shape index (κ2) is 5.26. The van der Waals surface area contributed by atoms with Crippen LogP contribution in [0.4, 0.5) is 0 Å². The molecule has 2 aliphatic rings. The summed E-state index contributed by atoms with van der Waals surface area (Å²) in [7, 11) is 1.65. The van der Waals surface area contributed by atoms with Crippen LogP contribution in [0.15, 0.2) is 24.3 Å². The van der Waals surface area contributed by atoms with E-state index in [0.29, 0.717) is 18.9 Å².